The molecule has 1 heterocycles. The minimum absolute atomic E-state index is 0.0484. The molecule has 2 aliphatic carbocycles. The van der Waals surface area contributed by atoms with Crippen molar-refractivity contribution in [3.8, 4) is 0 Å². The van der Waals surface area contributed by atoms with Gasteiger partial charge in [-0.05, 0) is 74.5 Å². The van der Waals surface area contributed by atoms with Crippen LogP contribution in [0.15, 0.2) is 24.3 Å². The van der Waals surface area contributed by atoms with E-state index in [9.17, 15) is 19.2 Å². The van der Waals surface area contributed by atoms with Crippen LogP contribution in [0.4, 0.5) is 10.5 Å². The fraction of sp³-hybridized carbons (Fsp3) is 0.615. The Kier molecular flexibility index (Phi) is 6.44. The molecule has 34 heavy (non-hydrogen) atoms. The summed E-state index contributed by atoms with van der Waals surface area (Å²) in [5.74, 6) is 0.0174. The summed E-state index contributed by atoms with van der Waals surface area (Å²) in [7, 11) is 0. The van der Waals surface area contributed by atoms with Gasteiger partial charge in [-0.1, -0.05) is 32.9 Å². The Hall–Kier alpha value is -2.90. The van der Waals surface area contributed by atoms with Crippen LogP contribution in [-0.2, 0) is 14.4 Å². The first-order valence-electron chi connectivity index (χ1n) is 12.3. The van der Waals surface area contributed by atoms with E-state index in [0.29, 0.717) is 18.8 Å². The molecular formula is C26H36N4O4. The fourth-order valence-electron chi connectivity index (χ4n) is 5.09. The van der Waals surface area contributed by atoms with E-state index in [4.69, 9.17) is 0 Å². The molecule has 0 radical (unpaired) electrons. The second-order valence-corrected chi connectivity index (χ2v) is 11.2. The van der Waals surface area contributed by atoms with E-state index in [1.165, 1.54) is 0 Å². The van der Waals surface area contributed by atoms with Gasteiger partial charge in [0.2, 0.25) is 11.8 Å². The number of nitrogens with one attached hydrogen (secondary N) is 3. The number of carbonyl (C=O) groups is 4. The standard InChI is InChI=1S/C26H36N4O4/c1-16(17-7-9-20(10-8-17)28-22(32)18-5-6-18)27-21(31)15-30-23(33)26(29-24(30)34)13-11-19(12-14-26)25(2,3)4/h7-10,16,18-19H,5-6,11-15H2,1-4H3,(H,27,31)(H,28,32)(H,29,34). The van der Waals surface area contributed by atoms with Gasteiger partial charge in [-0.25, -0.2) is 4.79 Å². The summed E-state index contributed by atoms with van der Waals surface area (Å²) in [5.41, 5.74) is 0.895. The molecule has 3 fully saturated rings. The van der Waals surface area contributed by atoms with Crippen LogP contribution in [0.25, 0.3) is 0 Å². The van der Waals surface area contributed by atoms with Crippen molar-refractivity contribution >= 4 is 29.4 Å². The highest BCUT2D eigenvalue weighted by Crippen LogP contribution is 2.43. The summed E-state index contributed by atoms with van der Waals surface area (Å²) < 4.78 is 0. The zero-order valence-corrected chi connectivity index (χ0v) is 20.6. The average Bonchev–Trinajstić information content (AvgIpc) is 3.59. The van der Waals surface area contributed by atoms with Gasteiger partial charge in [0.25, 0.3) is 5.91 Å². The molecule has 184 valence electrons. The van der Waals surface area contributed by atoms with E-state index < -0.39 is 11.6 Å². The number of rotatable bonds is 6. The molecule has 1 aromatic carbocycles. The Bertz CT molecular complexity index is 970. The summed E-state index contributed by atoms with van der Waals surface area (Å²) >= 11 is 0. The van der Waals surface area contributed by atoms with Crippen LogP contribution >= 0.6 is 0 Å². The number of amides is 5. The van der Waals surface area contributed by atoms with Crippen LogP contribution in [0.5, 0.6) is 0 Å². The maximum Gasteiger partial charge on any atom is 0.325 e. The molecular weight excluding hydrogens is 432 g/mol. The number of hydrogen-bond acceptors (Lipinski definition) is 4. The average molecular weight is 469 g/mol. The predicted molar refractivity (Wildman–Crippen MR) is 129 cm³/mol. The minimum Gasteiger partial charge on any atom is -0.348 e. The summed E-state index contributed by atoms with van der Waals surface area (Å²) in [6, 6.07) is 6.53. The first-order valence-corrected chi connectivity index (χ1v) is 12.3. The van der Waals surface area contributed by atoms with Gasteiger partial charge in [0, 0.05) is 11.6 Å². The third kappa shape index (κ3) is 5.10. The molecule has 5 amide bonds. The van der Waals surface area contributed by atoms with Gasteiger partial charge in [0.05, 0.1) is 6.04 Å². The van der Waals surface area contributed by atoms with Gasteiger partial charge in [-0.2, -0.15) is 0 Å². The van der Waals surface area contributed by atoms with Crippen LogP contribution in [0.2, 0.25) is 0 Å². The highest BCUT2D eigenvalue weighted by molar-refractivity contribution is 6.09. The molecule has 0 bridgehead atoms. The van der Waals surface area contributed by atoms with E-state index in [0.717, 1.165) is 41.8 Å². The Morgan fingerprint density at radius 1 is 1.09 bits per heavy atom. The number of carbonyl (C=O) groups excluding carboxylic acids is 4. The lowest BCUT2D eigenvalue weighted by molar-refractivity contribution is -0.136. The third-order valence-corrected chi connectivity index (χ3v) is 7.62. The lowest BCUT2D eigenvalue weighted by Gasteiger charge is -2.40. The molecule has 1 saturated heterocycles. The van der Waals surface area contributed by atoms with Gasteiger partial charge in [-0.3, -0.25) is 19.3 Å². The van der Waals surface area contributed by atoms with Crippen molar-refractivity contribution in [2.24, 2.45) is 17.3 Å². The van der Waals surface area contributed by atoms with Crippen molar-refractivity contribution in [2.75, 3.05) is 11.9 Å². The SMILES string of the molecule is CC(NC(=O)CN1C(=O)NC2(CCC(C(C)(C)C)CC2)C1=O)c1ccc(NC(=O)C2CC2)cc1. The molecule has 4 rings (SSSR count). The number of benzene rings is 1. The van der Waals surface area contributed by atoms with E-state index in [1.807, 2.05) is 31.2 Å². The second-order valence-electron chi connectivity index (χ2n) is 11.2. The molecule has 1 aromatic rings. The quantitative estimate of drug-likeness (QED) is 0.553. The molecule has 1 aliphatic heterocycles. The van der Waals surface area contributed by atoms with Crippen molar-refractivity contribution in [3.63, 3.8) is 0 Å². The van der Waals surface area contributed by atoms with Gasteiger partial charge >= 0.3 is 6.03 Å². The highest BCUT2D eigenvalue weighted by Gasteiger charge is 2.53. The molecule has 1 atom stereocenters. The van der Waals surface area contributed by atoms with Gasteiger partial charge in [0.1, 0.15) is 12.1 Å². The van der Waals surface area contributed by atoms with Crippen molar-refractivity contribution < 1.29 is 19.2 Å². The van der Waals surface area contributed by atoms with Crippen LogP contribution in [-0.4, -0.2) is 40.7 Å². The second kappa shape index (κ2) is 9.04. The Balaban J connectivity index is 1.30. The molecule has 0 aromatic heterocycles. The first kappa shape index (κ1) is 24.2. The van der Waals surface area contributed by atoms with Gasteiger partial charge in [0.15, 0.2) is 0 Å². The molecule has 3 N–H and O–H groups in total. The molecule has 3 aliphatic rings. The smallest absolute Gasteiger partial charge is 0.325 e. The summed E-state index contributed by atoms with van der Waals surface area (Å²) in [5, 5.41) is 8.65. The first-order chi connectivity index (χ1) is 16.0. The number of imide groups is 1. The van der Waals surface area contributed by atoms with E-state index in [-0.39, 0.29) is 41.6 Å². The Labute approximate surface area is 201 Å². The molecule has 2 saturated carbocycles. The molecule has 1 spiro atoms. The van der Waals surface area contributed by atoms with Crippen molar-refractivity contribution in [1.82, 2.24) is 15.5 Å². The minimum atomic E-state index is -0.870. The maximum atomic E-state index is 13.1. The van der Waals surface area contributed by atoms with E-state index in [1.54, 1.807) is 0 Å². The van der Waals surface area contributed by atoms with Crippen molar-refractivity contribution in [1.29, 1.82) is 0 Å². The van der Waals surface area contributed by atoms with Crippen molar-refractivity contribution in [3.05, 3.63) is 29.8 Å². The number of nitrogens with zero attached hydrogens (tertiary/aromatic N) is 1. The Morgan fingerprint density at radius 3 is 2.26 bits per heavy atom. The molecule has 8 nitrogen and oxygen atoms in total. The maximum absolute atomic E-state index is 13.1. The molecule has 1 unspecified atom stereocenters. The van der Waals surface area contributed by atoms with E-state index >= 15 is 0 Å². The van der Waals surface area contributed by atoms with Crippen LogP contribution in [0, 0.1) is 17.3 Å². The van der Waals surface area contributed by atoms with Crippen LogP contribution in [0.3, 0.4) is 0 Å². The molecule has 8 heteroatoms. The van der Waals surface area contributed by atoms with Crippen LogP contribution in [0.1, 0.15) is 77.8 Å². The number of hydrogen-bond donors (Lipinski definition) is 3. The topological polar surface area (TPSA) is 108 Å². The summed E-state index contributed by atoms with van der Waals surface area (Å²) in [6.07, 6.45) is 4.87. The number of anilines is 1. The zero-order chi connectivity index (χ0) is 24.7. The lowest BCUT2D eigenvalue weighted by atomic mass is 9.67. The number of urea groups is 1. The van der Waals surface area contributed by atoms with Gasteiger partial charge in [-0.15, -0.1) is 0 Å². The fourth-order valence-corrected chi connectivity index (χ4v) is 5.09. The summed E-state index contributed by atoms with van der Waals surface area (Å²) in [6.45, 7) is 8.17. The lowest BCUT2D eigenvalue weighted by Crippen LogP contribution is -2.51. The van der Waals surface area contributed by atoms with Crippen LogP contribution < -0.4 is 16.0 Å². The van der Waals surface area contributed by atoms with E-state index in [2.05, 4.69) is 36.7 Å². The van der Waals surface area contributed by atoms with Gasteiger partial charge < -0.3 is 16.0 Å². The monoisotopic (exact) mass is 468 g/mol. The zero-order valence-electron chi connectivity index (χ0n) is 20.6. The Morgan fingerprint density at radius 2 is 1.71 bits per heavy atom. The third-order valence-electron chi connectivity index (χ3n) is 7.62. The van der Waals surface area contributed by atoms with Crippen molar-refractivity contribution in [2.45, 2.75) is 77.8 Å². The normalized spacial score (nSPS) is 25.8. The summed E-state index contributed by atoms with van der Waals surface area (Å²) in [4.78, 5) is 51.4. The highest BCUT2D eigenvalue weighted by atomic mass is 16.2. The predicted octanol–water partition coefficient (Wildman–Crippen LogP) is 3.74. The largest absolute Gasteiger partial charge is 0.348 e.